The zero-order valence-corrected chi connectivity index (χ0v) is 13.2. The lowest BCUT2D eigenvalue weighted by atomic mass is 9.91. The van der Waals surface area contributed by atoms with Crippen LogP contribution in [0.3, 0.4) is 0 Å². The van der Waals surface area contributed by atoms with E-state index in [0.717, 1.165) is 36.3 Å². The van der Waals surface area contributed by atoms with Crippen molar-refractivity contribution in [2.75, 3.05) is 13.1 Å². The van der Waals surface area contributed by atoms with Crippen LogP contribution in [0.15, 0.2) is 36.2 Å². The average molecular weight is 315 g/mol. The van der Waals surface area contributed by atoms with Gasteiger partial charge in [-0.15, -0.1) is 0 Å². The molecule has 0 unspecified atom stereocenters. The van der Waals surface area contributed by atoms with E-state index >= 15 is 0 Å². The molecule has 3 nitrogen and oxygen atoms in total. The number of carbonyl (C=O) groups is 1. The van der Waals surface area contributed by atoms with Crippen molar-refractivity contribution in [3.63, 3.8) is 0 Å². The van der Waals surface area contributed by atoms with Crippen molar-refractivity contribution in [3.8, 4) is 0 Å². The van der Waals surface area contributed by atoms with Crippen LogP contribution in [0.1, 0.15) is 53.6 Å². The number of likely N-dealkylation sites (tertiary alicyclic amines) is 1. The molecule has 4 heteroatoms. The van der Waals surface area contributed by atoms with Gasteiger partial charge in [-0.05, 0) is 67.3 Å². The van der Waals surface area contributed by atoms with Gasteiger partial charge in [-0.1, -0.05) is 18.6 Å². The van der Waals surface area contributed by atoms with Crippen molar-refractivity contribution < 1.29 is 14.3 Å². The van der Waals surface area contributed by atoms with E-state index in [1.807, 2.05) is 12.1 Å². The van der Waals surface area contributed by atoms with Crippen LogP contribution in [-0.4, -0.2) is 29.1 Å². The standard InChI is InChI=1S/C19H22FNO2/c20-17-7-4-14(5-8-17)18-9-6-15(19(22)23)12-16(18)13-21-10-2-1-3-11-21/h4,6-7,9,12H,1-3,5,8,10-11,13H2,(H,22,23). The van der Waals surface area contributed by atoms with Gasteiger partial charge in [0.05, 0.1) is 5.56 Å². The summed E-state index contributed by atoms with van der Waals surface area (Å²) in [5.41, 5.74) is 3.51. The number of allylic oxidation sites excluding steroid dienone is 4. The highest BCUT2D eigenvalue weighted by Crippen LogP contribution is 2.31. The molecule has 0 spiro atoms. The molecule has 0 radical (unpaired) electrons. The number of hydrogen-bond acceptors (Lipinski definition) is 2. The number of carboxylic acids is 1. The number of aromatic carboxylic acids is 1. The maximum Gasteiger partial charge on any atom is 0.335 e. The second kappa shape index (κ2) is 7.09. The van der Waals surface area contributed by atoms with Crippen molar-refractivity contribution in [1.29, 1.82) is 0 Å². The van der Waals surface area contributed by atoms with Crippen LogP contribution >= 0.6 is 0 Å². The first kappa shape index (κ1) is 15.9. The molecule has 0 atom stereocenters. The third-order valence-corrected chi connectivity index (χ3v) is 4.64. The third-order valence-electron chi connectivity index (χ3n) is 4.64. The second-order valence-electron chi connectivity index (χ2n) is 6.32. The van der Waals surface area contributed by atoms with E-state index in [2.05, 4.69) is 4.90 Å². The number of carboxylic acid groups (broad SMARTS) is 1. The summed E-state index contributed by atoms with van der Waals surface area (Å²) in [4.78, 5) is 13.7. The second-order valence-corrected chi connectivity index (χ2v) is 6.32. The van der Waals surface area contributed by atoms with Gasteiger partial charge in [0, 0.05) is 13.0 Å². The highest BCUT2D eigenvalue weighted by molar-refractivity contribution is 5.88. The summed E-state index contributed by atoms with van der Waals surface area (Å²) in [6, 6.07) is 5.31. The summed E-state index contributed by atoms with van der Waals surface area (Å²) < 4.78 is 13.2. The normalized spacial score (nSPS) is 19.2. The van der Waals surface area contributed by atoms with Gasteiger partial charge in [0.15, 0.2) is 0 Å². The average Bonchev–Trinajstić information content (AvgIpc) is 2.56. The summed E-state index contributed by atoms with van der Waals surface area (Å²) in [5, 5.41) is 9.26. The largest absolute Gasteiger partial charge is 0.478 e. The summed E-state index contributed by atoms with van der Waals surface area (Å²) in [7, 11) is 0. The van der Waals surface area contributed by atoms with E-state index in [4.69, 9.17) is 0 Å². The van der Waals surface area contributed by atoms with Crippen molar-refractivity contribution in [2.24, 2.45) is 0 Å². The molecule has 0 amide bonds. The summed E-state index contributed by atoms with van der Waals surface area (Å²) in [6.45, 7) is 2.88. The zero-order valence-electron chi connectivity index (χ0n) is 13.2. The first-order chi connectivity index (χ1) is 11.1. The van der Waals surface area contributed by atoms with Gasteiger partial charge in [-0.3, -0.25) is 4.90 Å². The van der Waals surface area contributed by atoms with Crippen molar-refractivity contribution in [2.45, 2.75) is 38.6 Å². The van der Waals surface area contributed by atoms with Gasteiger partial charge in [0.25, 0.3) is 0 Å². The number of hydrogen-bond donors (Lipinski definition) is 1. The number of benzene rings is 1. The number of piperidine rings is 1. The van der Waals surface area contributed by atoms with E-state index in [1.54, 1.807) is 12.1 Å². The smallest absolute Gasteiger partial charge is 0.335 e. The van der Waals surface area contributed by atoms with Crippen molar-refractivity contribution >= 4 is 11.5 Å². The molecule has 1 aromatic rings. The van der Waals surface area contributed by atoms with Crippen molar-refractivity contribution in [3.05, 3.63) is 52.9 Å². The quantitative estimate of drug-likeness (QED) is 0.895. The van der Waals surface area contributed by atoms with Crippen LogP contribution < -0.4 is 0 Å². The Morgan fingerprint density at radius 1 is 1.13 bits per heavy atom. The Morgan fingerprint density at radius 2 is 1.91 bits per heavy atom. The van der Waals surface area contributed by atoms with E-state index in [1.165, 1.54) is 25.3 Å². The molecule has 0 saturated carbocycles. The van der Waals surface area contributed by atoms with Gasteiger partial charge in [0.1, 0.15) is 5.83 Å². The molecule has 1 aromatic carbocycles. The maximum atomic E-state index is 13.2. The van der Waals surface area contributed by atoms with Crippen LogP contribution in [0.5, 0.6) is 0 Å². The van der Waals surface area contributed by atoms with E-state index in [-0.39, 0.29) is 5.83 Å². The molecule has 3 rings (SSSR count). The highest BCUT2D eigenvalue weighted by Gasteiger charge is 2.17. The van der Waals surface area contributed by atoms with Crippen LogP contribution in [0.4, 0.5) is 4.39 Å². The van der Waals surface area contributed by atoms with Gasteiger partial charge in [-0.25, -0.2) is 9.18 Å². The van der Waals surface area contributed by atoms with Gasteiger partial charge < -0.3 is 5.11 Å². The minimum Gasteiger partial charge on any atom is -0.478 e. The van der Waals surface area contributed by atoms with Crippen molar-refractivity contribution in [1.82, 2.24) is 4.90 Å². The topological polar surface area (TPSA) is 40.5 Å². The molecule has 1 saturated heterocycles. The molecule has 23 heavy (non-hydrogen) atoms. The summed E-state index contributed by atoms with van der Waals surface area (Å²) in [6.07, 6.45) is 8.11. The fourth-order valence-electron chi connectivity index (χ4n) is 3.37. The third kappa shape index (κ3) is 3.88. The Morgan fingerprint density at radius 3 is 2.57 bits per heavy atom. The molecule has 1 heterocycles. The van der Waals surface area contributed by atoms with Crippen LogP contribution in [0, 0.1) is 0 Å². The Kier molecular flexibility index (Phi) is 4.91. The fraction of sp³-hybridized carbons (Fsp3) is 0.421. The molecule has 1 aliphatic heterocycles. The Balaban J connectivity index is 1.92. The zero-order chi connectivity index (χ0) is 16.2. The SMILES string of the molecule is O=C(O)c1ccc(C2=CC=C(F)CC2)c(CN2CCCCC2)c1. The predicted octanol–water partition coefficient (Wildman–Crippen LogP) is 4.40. The Labute approximate surface area is 136 Å². The van der Waals surface area contributed by atoms with E-state index < -0.39 is 5.97 Å². The first-order valence-electron chi connectivity index (χ1n) is 8.27. The lowest BCUT2D eigenvalue weighted by Gasteiger charge is -2.28. The molecule has 1 aliphatic carbocycles. The molecular weight excluding hydrogens is 293 g/mol. The number of nitrogens with zero attached hydrogens (tertiary/aromatic N) is 1. The minimum absolute atomic E-state index is 0.0894. The lowest BCUT2D eigenvalue weighted by molar-refractivity contribution is 0.0696. The highest BCUT2D eigenvalue weighted by atomic mass is 19.1. The molecule has 1 N–H and O–H groups in total. The van der Waals surface area contributed by atoms with Gasteiger partial charge in [0.2, 0.25) is 0 Å². The maximum absolute atomic E-state index is 13.2. The van der Waals surface area contributed by atoms with Gasteiger partial charge >= 0.3 is 5.97 Å². The first-order valence-corrected chi connectivity index (χ1v) is 8.27. The van der Waals surface area contributed by atoms with Gasteiger partial charge in [-0.2, -0.15) is 0 Å². The summed E-state index contributed by atoms with van der Waals surface area (Å²) in [5.74, 6) is -0.992. The molecular formula is C19H22FNO2. The molecule has 1 fully saturated rings. The monoisotopic (exact) mass is 315 g/mol. The number of rotatable bonds is 4. The van der Waals surface area contributed by atoms with E-state index in [0.29, 0.717) is 18.4 Å². The number of halogens is 1. The Bertz CT molecular complexity index is 657. The minimum atomic E-state index is -0.903. The van der Waals surface area contributed by atoms with Crippen LogP contribution in [-0.2, 0) is 6.54 Å². The fourth-order valence-corrected chi connectivity index (χ4v) is 3.37. The molecule has 0 bridgehead atoms. The lowest BCUT2D eigenvalue weighted by Crippen LogP contribution is -2.29. The molecule has 122 valence electrons. The van der Waals surface area contributed by atoms with Crippen LogP contribution in [0.2, 0.25) is 0 Å². The Hall–Kier alpha value is -1.94. The van der Waals surface area contributed by atoms with Crippen LogP contribution in [0.25, 0.3) is 5.57 Å². The molecule has 0 aromatic heterocycles. The molecule has 2 aliphatic rings. The summed E-state index contributed by atoms with van der Waals surface area (Å²) >= 11 is 0. The van der Waals surface area contributed by atoms with E-state index in [9.17, 15) is 14.3 Å². The predicted molar refractivity (Wildman–Crippen MR) is 88.9 cm³/mol.